The summed E-state index contributed by atoms with van der Waals surface area (Å²) < 4.78 is 5.82. The van der Waals surface area contributed by atoms with E-state index >= 15 is 0 Å². The number of pyridine rings is 1. The predicted octanol–water partition coefficient (Wildman–Crippen LogP) is 5.21. The number of hydrogen-bond donors (Lipinski definition) is 0. The minimum atomic E-state index is 0.458. The van der Waals surface area contributed by atoms with Gasteiger partial charge in [0.25, 0.3) is 0 Å². The van der Waals surface area contributed by atoms with Crippen molar-refractivity contribution in [3.05, 3.63) is 66.4 Å². The quantitative estimate of drug-likeness (QED) is 0.439. The number of hydrogen-bond acceptors (Lipinski definition) is 4. The van der Waals surface area contributed by atoms with Crippen molar-refractivity contribution in [3.63, 3.8) is 0 Å². The summed E-state index contributed by atoms with van der Waals surface area (Å²) in [6.45, 7) is 0.458. The van der Waals surface area contributed by atoms with Crippen LogP contribution in [0.1, 0.15) is 18.5 Å². The molecule has 0 radical (unpaired) electrons. The fraction of sp³-hybridized carbons (Fsp3) is 0.200. The fourth-order valence-corrected chi connectivity index (χ4v) is 3.17. The van der Waals surface area contributed by atoms with Gasteiger partial charge in [0.1, 0.15) is 12.4 Å². The van der Waals surface area contributed by atoms with Crippen molar-refractivity contribution in [1.29, 1.82) is 5.26 Å². The summed E-state index contributed by atoms with van der Waals surface area (Å²) >= 11 is 1.77. The second kappa shape index (κ2) is 8.37. The lowest BCUT2D eigenvalue weighted by Gasteiger charge is -2.07. The summed E-state index contributed by atoms with van der Waals surface area (Å²) in [5.74, 6) is 1.81. The Kier molecular flexibility index (Phi) is 5.70. The molecule has 24 heavy (non-hydrogen) atoms. The third-order valence-electron chi connectivity index (χ3n) is 3.57. The molecule has 0 N–H and O–H groups in total. The van der Waals surface area contributed by atoms with E-state index in [0.29, 0.717) is 13.0 Å². The maximum absolute atomic E-state index is 8.53. The van der Waals surface area contributed by atoms with Crippen LogP contribution in [0, 0.1) is 11.3 Å². The smallest absolute Gasteiger partial charge is 0.130 e. The van der Waals surface area contributed by atoms with E-state index in [1.807, 2.05) is 36.4 Å². The van der Waals surface area contributed by atoms with E-state index in [2.05, 4.69) is 35.3 Å². The van der Waals surface area contributed by atoms with Crippen molar-refractivity contribution in [3.8, 4) is 11.8 Å². The first-order valence-corrected chi connectivity index (χ1v) is 8.91. The summed E-state index contributed by atoms with van der Waals surface area (Å²) in [5, 5.41) is 9.67. The first kappa shape index (κ1) is 16.4. The maximum atomic E-state index is 8.53. The molecule has 2 aromatic carbocycles. The van der Waals surface area contributed by atoms with Gasteiger partial charge in [-0.05, 0) is 48.6 Å². The minimum absolute atomic E-state index is 0.458. The molecule has 4 heteroatoms. The molecule has 0 aliphatic heterocycles. The van der Waals surface area contributed by atoms with Crippen LogP contribution in [-0.4, -0.2) is 10.7 Å². The van der Waals surface area contributed by atoms with E-state index in [-0.39, 0.29) is 0 Å². The van der Waals surface area contributed by atoms with Gasteiger partial charge in [0, 0.05) is 16.7 Å². The maximum Gasteiger partial charge on any atom is 0.130 e. The largest absolute Gasteiger partial charge is 0.487 e. The molecule has 3 aromatic rings. The first-order valence-electron chi connectivity index (χ1n) is 7.92. The number of para-hydroxylation sites is 1. The molecular formula is C20H18N2OS. The summed E-state index contributed by atoms with van der Waals surface area (Å²) in [6.07, 6.45) is 1.54. The highest BCUT2D eigenvalue weighted by Gasteiger charge is 2.01. The number of thioether (sulfide) groups is 1. The molecule has 0 atom stereocenters. The van der Waals surface area contributed by atoms with E-state index in [0.717, 1.165) is 34.5 Å². The minimum Gasteiger partial charge on any atom is -0.487 e. The van der Waals surface area contributed by atoms with Crippen LogP contribution in [0.2, 0.25) is 0 Å². The standard InChI is InChI=1S/C20H18N2OS/c21-13-3-4-14-24-19-11-9-18(10-12-19)23-15-17-8-7-16-5-1-2-6-20(16)22-17/h1-2,5-12H,3-4,14-15H2. The van der Waals surface area contributed by atoms with Gasteiger partial charge in [-0.3, -0.25) is 0 Å². The Hall–Kier alpha value is -2.51. The molecule has 1 heterocycles. The second-order valence-corrected chi connectivity index (χ2v) is 6.53. The van der Waals surface area contributed by atoms with Crippen molar-refractivity contribution in [2.45, 2.75) is 24.3 Å². The number of nitriles is 1. The fourth-order valence-electron chi connectivity index (χ4n) is 2.32. The van der Waals surface area contributed by atoms with Crippen molar-refractivity contribution < 1.29 is 4.74 Å². The monoisotopic (exact) mass is 334 g/mol. The molecule has 3 nitrogen and oxygen atoms in total. The molecule has 0 fully saturated rings. The summed E-state index contributed by atoms with van der Waals surface area (Å²) in [6, 6.07) is 22.4. The van der Waals surface area contributed by atoms with Crippen molar-refractivity contribution >= 4 is 22.7 Å². The Morgan fingerprint density at radius 3 is 2.67 bits per heavy atom. The van der Waals surface area contributed by atoms with E-state index in [1.165, 1.54) is 4.90 Å². The normalized spacial score (nSPS) is 10.5. The number of unbranched alkanes of at least 4 members (excludes halogenated alkanes) is 1. The van der Waals surface area contributed by atoms with Crippen LogP contribution in [0.4, 0.5) is 0 Å². The van der Waals surface area contributed by atoms with Gasteiger partial charge in [-0.1, -0.05) is 24.3 Å². The number of benzene rings is 2. The van der Waals surface area contributed by atoms with Crippen LogP contribution in [0.25, 0.3) is 10.9 Å². The molecule has 0 aliphatic carbocycles. The lowest BCUT2D eigenvalue weighted by atomic mass is 10.2. The molecule has 0 amide bonds. The highest BCUT2D eigenvalue weighted by Crippen LogP contribution is 2.23. The summed E-state index contributed by atoms with van der Waals surface area (Å²) in [5.41, 5.74) is 1.91. The molecule has 0 unspecified atom stereocenters. The van der Waals surface area contributed by atoms with Crippen LogP contribution in [0.5, 0.6) is 5.75 Å². The zero-order valence-electron chi connectivity index (χ0n) is 13.3. The Labute approximate surface area is 146 Å². The van der Waals surface area contributed by atoms with Crippen LogP contribution >= 0.6 is 11.8 Å². The Morgan fingerprint density at radius 1 is 1.00 bits per heavy atom. The Balaban J connectivity index is 1.54. The van der Waals surface area contributed by atoms with Crippen molar-refractivity contribution in [1.82, 2.24) is 4.98 Å². The molecule has 0 saturated carbocycles. The Morgan fingerprint density at radius 2 is 1.83 bits per heavy atom. The van der Waals surface area contributed by atoms with Gasteiger partial charge in [-0.25, -0.2) is 4.98 Å². The third kappa shape index (κ3) is 4.50. The summed E-state index contributed by atoms with van der Waals surface area (Å²) in [4.78, 5) is 5.81. The molecule has 1 aromatic heterocycles. The number of nitrogens with zero attached hydrogens (tertiary/aromatic N) is 2. The number of ether oxygens (including phenoxy) is 1. The van der Waals surface area contributed by atoms with E-state index in [9.17, 15) is 0 Å². The zero-order chi connectivity index (χ0) is 16.6. The van der Waals surface area contributed by atoms with Gasteiger partial charge >= 0.3 is 0 Å². The first-order chi connectivity index (χ1) is 11.8. The molecule has 0 bridgehead atoms. The molecule has 3 rings (SSSR count). The van der Waals surface area contributed by atoms with Gasteiger partial charge in [0.15, 0.2) is 0 Å². The van der Waals surface area contributed by atoms with E-state index in [1.54, 1.807) is 11.8 Å². The Bertz CT molecular complexity index is 840. The highest BCUT2D eigenvalue weighted by molar-refractivity contribution is 7.99. The SMILES string of the molecule is N#CCCCSc1ccc(OCc2ccc3ccccc3n2)cc1. The van der Waals surface area contributed by atoms with Gasteiger partial charge < -0.3 is 4.74 Å². The lowest BCUT2D eigenvalue weighted by Crippen LogP contribution is -1.98. The third-order valence-corrected chi connectivity index (χ3v) is 4.67. The van der Waals surface area contributed by atoms with E-state index in [4.69, 9.17) is 10.00 Å². The van der Waals surface area contributed by atoms with Crippen LogP contribution < -0.4 is 4.74 Å². The molecule has 120 valence electrons. The molecule has 0 spiro atoms. The number of fused-ring (bicyclic) bond motifs is 1. The van der Waals surface area contributed by atoms with Crippen molar-refractivity contribution in [2.24, 2.45) is 0 Å². The average Bonchev–Trinajstić information content (AvgIpc) is 2.64. The lowest BCUT2D eigenvalue weighted by molar-refractivity contribution is 0.301. The van der Waals surface area contributed by atoms with Crippen molar-refractivity contribution in [2.75, 3.05) is 5.75 Å². The summed E-state index contributed by atoms with van der Waals surface area (Å²) in [7, 11) is 0. The second-order valence-electron chi connectivity index (χ2n) is 5.37. The van der Waals surface area contributed by atoms with Crippen LogP contribution in [0.3, 0.4) is 0 Å². The van der Waals surface area contributed by atoms with Gasteiger partial charge in [0.05, 0.1) is 17.3 Å². The van der Waals surface area contributed by atoms with Gasteiger partial charge in [0.2, 0.25) is 0 Å². The number of aromatic nitrogens is 1. The number of rotatable bonds is 7. The molecule has 0 saturated heterocycles. The van der Waals surface area contributed by atoms with Gasteiger partial charge in [-0.15, -0.1) is 11.8 Å². The average molecular weight is 334 g/mol. The van der Waals surface area contributed by atoms with Crippen LogP contribution in [0.15, 0.2) is 65.6 Å². The zero-order valence-corrected chi connectivity index (χ0v) is 14.1. The molecular weight excluding hydrogens is 316 g/mol. The van der Waals surface area contributed by atoms with E-state index < -0.39 is 0 Å². The topological polar surface area (TPSA) is 45.9 Å². The highest BCUT2D eigenvalue weighted by atomic mass is 32.2. The molecule has 0 aliphatic rings. The van der Waals surface area contributed by atoms with Crippen LogP contribution in [-0.2, 0) is 6.61 Å². The predicted molar refractivity (Wildman–Crippen MR) is 98.1 cm³/mol. The van der Waals surface area contributed by atoms with Gasteiger partial charge in [-0.2, -0.15) is 5.26 Å².